The summed E-state index contributed by atoms with van der Waals surface area (Å²) in [5.41, 5.74) is 0. The second-order valence-electron chi connectivity index (χ2n) is 4.36. The van der Waals surface area contributed by atoms with Crippen LogP contribution in [0.5, 0.6) is 0 Å². The molecule has 1 fully saturated rings. The van der Waals surface area contributed by atoms with E-state index >= 15 is 0 Å². The number of aliphatic hydroxyl groups is 2. The Balaban J connectivity index is 2.46. The first-order valence-electron chi connectivity index (χ1n) is 6.26. The van der Waals surface area contributed by atoms with Crippen LogP contribution in [0, 0.1) is 0 Å². The van der Waals surface area contributed by atoms with E-state index in [0.717, 1.165) is 0 Å². The van der Waals surface area contributed by atoms with Crippen molar-refractivity contribution < 1.29 is 34.0 Å². The van der Waals surface area contributed by atoms with Crippen molar-refractivity contribution in [2.45, 2.75) is 37.1 Å². The topological polar surface area (TPSA) is 94.5 Å². The lowest BCUT2D eigenvalue weighted by atomic mass is 10.00. The fraction of sp³-hybridized carbons (Fsp3) is 0.917. The van der Waals surface area contributed by atoms with Gasteiger partial charge in [-0.2, -0.15) is 11.8 Å². The first kappa shape index (κ1) is 17.7. The predicted octanol–water partition coefficient (Wildman–Crippen LogP) is -0.609. The minimum atomic E-state index is -1.15. The number of carbonyl (C=O) groups is 1. The van der Waals surface area contributed by atoms with Crippen molar-refractivity contribution in [3.8, 4) is 0 Å². The lowest BCUT2D eigenvalue weighted by molar-refractivity contribution is -0.288. The molecule has 5 atom stereocenters. The number of hydrogen-bond acceptors (Lipinski definition) is 8. The molecule has 0 aliphatic carbocycles. The zero-order valence-corrected chi connectivity index (χ0v) is 12.7. The molecule has 7 nitrogen and oxygen atoms in total. The van der Waals surface area contributed by atoms with E-state index in [4.69, 9.17) is 14.2 Å². The molecule has 0 radical (unpaired) electrons. The van der Waals surface area contributed by atoms with Gasteiger partial charge in [0, 0.05) is 25.7 Å². The maximum absolute atomic E-state index is 11.0. The molecule has 1 saturated heterocycles. The van der Waals surface area contributed by atoms with Gasteiger partial charge in [-0.05, 0) is 0 Å². The first-order chi connectivity index (χ1) is 9.54. The summed E-state index contributed by atoms with van der Waals surface area (Å²) in [6.07, 6.45) is -3.87. The third-order valence-electron chi connectivity index (χ3n) is 3.11. The van der Waals surface area contributed by atoms with Gasteiger partial charge in [-0.15, -0.1) is 0 Å². The molecule has 0 spiro atoms. The fourth-order valence-corrected chi connectivity index (χ4v) is 2.96. The Labute approximate surface area is 122 Å². The number of ether oxygens (including phenoxy) is 4. The van der Waals surface area contributed by atoms with Crippen molar-refractivity contribution in [1.29, 1.82) is 0 Å². The second kappa shape index (κ2) is 8.81. The van der Waals surface area contributed by atoms with E-state index in [0.29, 0.717) is 17.9 Å². The maximum Gasteiger partial charge on any atom is 0.306 e. The normalized spacial score (nSPS) is 34.0. The number of methoxy groups -OCH3 is 3. The SMILES string of the molecule is COC(=O)CCSCC1OC(OC)C(O)C(O)C1OC. The molecule has 1 aliphatic rings. The van der Waals surface area contributed by atoms with Crippen LogP contribution in [0.15, 0.2) is 0 Å². The largest absolute Gasteiger partial charge is 0.469 e. The van der Waals surface area contributed by atoms with Crippen molar-refractivity contribution in [3.05, 3.63) is 0 Å². The highest BCUT2D eigenvalue weighted by molar-refractivity contribution is 7.99. The molecular weight excluding hydrogens is 288 g/mol. The lowest BCUT2D eigenvalue weighted by Crippen LogP contribution is -2.59. The molecular formula is C12H22O7S. The maximum atomic E-state index is 11.0. The Morgan fingerprint density at radius 3 is 2.45 bits per heavy atom. The average Bonchev–Trinajstić information content (AvgIpc) is 2.46. The molecule has 5 unspecified atom stereocenters. The van der Waals surface area contributed by atoms with Gasteiger partial charge in [0.15, 0.2) is 6.29 Å². The van der Waals surface area contributed by atoms with Gasteiger partial charge in [-0.3, -0.25) is 4.79 Å². The summed E-state index contributed by atoms with van der Waals surface area (Å²) in [5.74, 6) is 0.828. The van der Waals surface area contributed by atoms with E-state index in [1.165, 1.54) is 33.1 Å². The van der Waals surface area contributed by atoms with Gasteiger partial charge < -0.3 is 29.2 Å². The minimum absolute atomic E-state index is 0.268. The van der Waals surface area contributed by atoms with Crippen LogP contribution in [0.3, 0.4) is 0 Å². The highest BCUT2D eigenvalue weighted by Gasteiger charge is 2.44. The molecule has 8 heteroatoms. The molecule has 0 saturated carbocycles. The Morgan fingerprint density at radius 2 is 1.90 bits per heavy atom. The van der Waals surface area contributed by atoms with Gasteiger partial charge >= 0.3 is 5.97 Å². The lowest BCUT2D eigenvalue weighted by Gasteiger charge is -2.41. The third kappa shape index (κ3) is 4.57. The number of carbonyl (C=O) groups excluding carboxylic acids is 1. The van der Waals surface area contributed by atoms with Crippen LogP contribution in [-0.4, -0.2) is 79.7 Å². The van der Waals surface area contributed by atoms with Gasteiger partial charge in [-0.25, -0.2) is 0 Å². The zero-order chi connectivity index (χ0) is 15.1. The summed E-state index contributed by atoms with van der Waals surface area (Å²) in [6.45, 7) is 0. The van der Waals surface area contributed by atoms with Crippen molar-refractivity contribution in [3.63, 3.8) is 0 Å². The van der Waals surface area contributed by atoms with Crippen molar-refractivity contribution in [2.24, 2.45) is 0 Å². The van der Waals surface area contributed by atoms with E-state index in [2.05, 4.69) is 4.74 Å². The van der Waals surface area contributed by atoms with Gasteiger partial charge in [0.1, 0.15) is 18.3 Å². The Hall–Kier alpha value is -0.380. The average molecular weight is 310 g/mol. The first-order valence-corrected chi connectivity index (χ1v) is 7.42. The van der Waals surface area contributed by atoms with E-state index in [-0.39, 0.29) is 5.97 Å². The van der Waals surface area contributed by atoms with E-state index in [1.807, 2.05) is 0 Å². The van der Waals surface area contributed by atoms with Gasteiger partial charge in [-0.1, -0.05) is 0 Å². The number of rotatable bonds is 7. The van der Waals surface area contributed by atoms with Crippen molar-refractivity contribution >= 4 is 17.7 Å². The monoisotopic (exact) mass is 310 g/mol. The standard InChI is InChI=1S/C12H22O7S/c1-16-8(13)4-5-20-6-7-11(17-2)9(14)10(15)12(18-3)19-7/h7,9-12,14-15H,4-6H2,1-3H3. The van der Waals surface area contributed by atoms with Gasteiger partial charge in [0.05, 0.1) is 19.6 Å². The van der Waals surface area contributed by atoms with Gasteiger partial charge in [0.2, 0.25) is 0 Å². The van der Waals surface area contributed by atoms with Crippen LogP contribution in [0.2, 0.25) is 0 Å². The van der Waals surface area contributed by atoms with Crippen LogP contribution < -0.4 is 0 Å². The molecule has 1 heterocycles. The Morgan fingerprint density at radius 1 is 1.20 bits per heavy atom. The summed E-state index contributed by atoms with van der Waals surface area (Å²) in [5, 5.41) is 19.8. The number of thioether (sulfide) groups is 1. The second-order valence-corrected chi connectivity index (χ2v) is 5.51. The molecule has 0 aromatic rings. The van der Waals surface area contributed by atoms with Crippen LogP contribution in [0.25, 0.3) is 0 Å². The smallest absolute Gasteiger partial charge is 0.306 e. The minimum Gasteiger partial charge on any atom is -0.469 e. The molecule has 20 heavy (non-hydrogen) atoms. The molecule has 0 aromatic carbocycles. The third-order valence-corrected chi connectivity index (χ3v) is 4.16. The summed E-state index contributed by atoms with van der Waals surface area (Å²) in [6, 6.07) is 0. The summed E-state index contributed by atoms with van der Waals surface area (Å²) in [7, 11) is 4.19. The quantitative estimate of drug-likeness (QED) is 0.475. The van der Waals surface area contributed by atoms with Crippen LogP contribution in [-0.2, 0) is 23.7 Å². The van der Waals surface area contributed by atoms with Crippen molar-refractivity contribution in [2.75, 3.05) is 32.8 Å². The molecule has 1 rings (SSSR count). The number of aliphatic hydroxyl groups excluding tert-OH is 2. The zero-order valence-electron chi connectivity index (χ0n) is 11.9. The molecule has 2 N–H and O–H groups in total. The summed E-state index contributed by atoms with van der Waals surface area (Å²) < 4.78 is 20.3. The molecule has 118 valence electrons. The van der Waals surface area contributed by atoms with Crippen LogP contribution in [0.1, 0.15) is 6.42 Å². The summed E-state index contributed by atoms with van der Waals surface area (Å²) in [4.78, 5) is 11.0. The number of esters is 1. The van der Waals surface area contributed by atoms with Crippen LogP contribution in [0.4, 0.5) is 0 Å². The predicted molar refractivity (Wildman–Crippen MR) is 72.4 cm³/mol. The highest BCUT2D eigenvalue weighted by Crippen LogP contribution is 2.26. The number of hydrogen-bond donors (Lipinski definition) is 2. The highest BCUT2D eigenvalue weighted by atomic mass is 32.2. The Kier molecular flexibility index (Phi) is 7.78. The summed E-state index contributed by atoms with van der Waals surface area (Å²) >= 11 is 1.48. The van der Waals surface area contributed by atoms with E-state index in [9.17, 15) is 15.0 Å². The van der Waals surface area contributed by atoms with E-state index < -0.39 is 30.7 Å². The molecule has 0 bridgehead atoms. The van der Waals surface area contributed by atoms with Crippen LogP contribution >= 0.6 is 11.8 Å². The molecule has 0 amide bonds. The molecule has 0 aromatic heterocycles. The van der Waals surface area contributed by atoms with Gasteiger partial charge in [0.25, 0.3) is 0 Å². The van der Waals surface area contributed by atoms with E-state index in [1.54, 1.807) is 0 Å². The Bertz CT molecular complexity index is 302. The molecule has 1 aliphatic heterocycles. The fourth-order valence-electron chi connectivity index (χ4n) is 1.98. The van der Waals surface area contributed by atoms with Crippen molar-refractivity contribution in [1.82, 2.24) is 0 Å².